The highest BCUT2D eigenvalue weighted by Gasteiger charge is 2.09. The first kappa shape index (κ1) is 21.7. The lowest BCUT2D eigenvalue weighted by atomic mass is 10.1. The fraction of sp³-hybridized carbons (Fsp3) is 0.0800. The summed E-state index contributed by atoms with van der Waals surface area (Å²) in [5, 5.41) is 8.97. The van der Waals surface area contributed by atoms with Crippen molar-refractivity contribution in [3.63, 3.8) is 0 Å². The highest BCUT2D eigenvalue weighted by molar-refractivity contribution is 7.13. The van der Waals surface area contributed by atoms with Crippen LogP contribution < -0.4 is 10.6 Å². The van der Waals surface area contributed by atoms with E-state index in [1.54, 1.807) is 35.6 Å². The summed E-state index contributed by atoms with van der Waals surface area (Å²) in [4.78, 5) is 28.9. The third kappa shape index (κ3) is 5.60. The van der Waals surface area contributed by atoms with Crippen LogP contribution in [-0.2, 0) is 11.3 Å². The van der Waals surface area contributed by atoms with Crippen molar-refractivity contribution in [1.29, 1.82) is 0 Å². The van der Waals surface area contributed by atoms with Crippen LogP contribution in [0.5, 0.6) is 0 Å². The highest BCUT2D eigenvalue weighted by Crippen LogP contribution is 2.28. The minimum atomic E-state index is -0.320. The molecule has 0 spiro atoms. The molecule has 2 N–H and O–H groups in total. The molecule has 2 amide bonds. The Morgan fingerprint density at radius 3 is 2.28 bits per heavy atom. The van der Waals surface area contributed by atoms with E-state index in [1.165, 1.54) is 0 Å². The zero-order valence-corrected chi connectivity index (χ0v) is 18.6. The van der Waals surface area contributed by atoms with Gasteiger partial charge in [0, 0.05) is 33.6 Å². The average molecular weight is 462 g/mol. The second-order valence-corrected chi connectivity index (χ2v) is 8.36. The number of nitrogens with zero attached hydrogens (tertiary/aromatic N) is 1. The fourth-order valence-electron chi connectivity index (χ4n) is 3.04. The van der Waals surface area contributed by atoms with Gasteiger partial charge >= 0.3 is 0 Å². The van der Waals surface area contributed by atoms with Gasteiger partial charge in [0.05, 0.1) is 12.2 Å². The quantitative estimate of drug-likeness (QED) is 0.398. The van der Waals surface area contributed by atoms with Crippen LogP contribution in [0.25, 0.3) is 21.8 Å². The first-order valence-corrected chi connectivity index (χ1v) is 11.2. The summed E-state index contributed by atoms with van der Waals surface area (Å²) < 4.78 is 0. The number of halogens is 1. The van der Waals surface area contributed by atoms with E-state index in [9.17, 15) is 9.59 Å². The largest absolute Gasteiger partial charge is 0.350 e. The second kappa shape index (κ2) is 10.2. The van der Waals surface area contributed by atoms with Crippen LogP contribution in [-0.4, -0.2) is 23.3 Å². The minimum Gasteiger partial charge on any atom is -0.350 e. The molecule has 4 rings (SSSR count). The van der Waals surface area contributed by atoms with Crippen LogP contribution in [0.1, 0.15) is 15.9 Å². The summed E-state index contributed by atoms with van der Waals surface area (Å²) in [7, 11) is 0. The molecule has 0 aliphatic carbocycles. The Kier molecular flexibility index (Phi) is 6.94. The van der Waals surface area contributed by atoms with Gasteiger partial charge in [0.2, 0.25) is 5.91 Å². The lowest BCUT2D eigenvalue weighted by molar-refractivity contribution is -0.120. The van der Waals surface area contributed by atoms with Crippen LogP contribution in [0.15, 0.2) is 84.2 Å². The van der Waals surface area contributed by atoms with Crippen molar-refractivity contribution in [2.45, 2.75) is 6.54 Å². The summed E-state index contributed by atoms with van der Waals surface area (Å²) in [6, 6.07) is 24.5. The molecular formula is C25H20ClN3O2S. The van der Waals surface area contributed by atoms with Gasteiger partial charge < -0.3 is 10.6 Å². The van der Waals surface area contributed by atoms with Crippen molar-refractivity contribution >= 4 is 34.8 Å². The Hall–Kier alpha value is -3.48. The smallest absolute Gasteiger partial charge is 0.251 e. The number of benzene rings is 3. The van der Waals surface area contributed by atoms with Gasteiger partial charge in [0.1, 0.15) is 5.01 Å². The summed E-state index contributed by atoms with van der Waals surface area (Å²) in [6.45, 7) is 0.282. The minimum absolute atomic E-state index is 0.0963. The Balaban J connectivity index is 1.27. The lowest BCUT2D eigenvalue weighted by Gasteiger charge is -2.08. The molecule has 0 atom stereocenters. The van der Waals surface area contributed by atoms with Crippen molar-refractivity contribution in [2.24, 2.45) is 0 Å². The molecule has 0 radical (unpaired) electrons. The molecule has 1 heterocycles. The van der Waals surface area contributed by atoms with E-state index in [0.29, 0.717) is 17.1 Å². The van der Waals surface area contributed by atoms with E-state index in [0.717, 1.165) is 27.4 Å². The number of carbonyl (C=O) groups is 2. The molecule has 7 heteroatoms. The number of nitrogens with one attached hydrogen (secondary N) is 2. The van der Waals surface area contributed by atoms with Crippen molar-refractivity contribution in [2.75, 3.05) is 6.54 Å². The fourth-order valence-corrected chi connectivity index (χ4v) is 4.00. The maximum atomic E-state index is 12.1. The monoisotopic (exact) mass is 461 g/mol. The summed E-state index contributed by atoms with van der Waals surface area (Å²) in [6.07, 6.45) is 0. The number of thiazole rings is 1. The van der Waals surface area contributed by atoms with Gasteiger partial charge in [0.25, 0.3) is 5.91 Å². The van der Waals surface area contributed by atoms with Crippen LogP contribution in [0, 0.1) is 0 Å². The van der Waals surface area contributed by atoms with E-state index < -0.39 is 0 Å². The molecular weight excluding hydrogens is 442 g/mol. The number of amides is 2. The average Bonchev–Trinajstić information content (AvgIpc) is 3.33. The molecule has 160 valence electrons. The maximum absolute atomic E-state index is 12.1. The third-order valence-corrected chi connectivity index (χ3v) is 5.92. The zero-order valence-electron chi connectivity index (χ0n) is 17.0. The van der Waals surface area contributed by atoms with Gasteiger partial charge in [-0.15, -0.1) is 11.3 Å². The van der Waals surface area contributed by atoms with Crippen LogP contribution in [0.2, 0.25) is 5.02 Å². The van der Waals surface area contributed by atoms with Gasteiger partial charge in [-0.3, -0.25) is 9.59 Å². The Bertz CT molecular complexity index is 1210. The van der Waals surface area contributed by atoms with Gasteiger partial charge in [-0.05, 0) is 29.8 Å². The first-order chi connectivity index (χ1) is 15.6. The molecule has 0 unspecified atom stereocenters. The standard InChI is InChI=1S/C25H20ClN3O2S/c26-21-12-10-19(11-13-21)24(31)28-15-23(30)27-14-17-6-8-20(9-7-17)25-29-22(16-32-25)18-4-2-1-3-5-18/h1-13,16H,14-15H2,(H,27,30)(H,28,31). The molecule has 0 bridgehead atoms. The third-order valence-electron chi connectivity index (χ3n) is 4.78. The van der Waals surface area contributed by atoms with Crippen molar-refractivity contribution < 1.29 is 9.59 Å². The lowest BCUT2D eigenvalue weighted by Crippen LogP contribution is -2.36. The van der Waals surface area contributed by atoms with E-state index in [4.69, 9.17) is 16.6 Å². The molecule has 32 heavy (non-hydrogen) atoms. The second-order valence-electron chi connectivity index (χ2n) is 7.07. The predicted octanol–water partition coefficient (Wildman–Crippen LogP) is 5.18. The van der Waals surface area contributed by atoms with E-state index in [2.05, 4.69) is 16.0 Å². The van der Waals surface area contributed by atoms with Gasteiger partial charge in [-0.1, -0.05) is 66.2 Å². The van der Waals surface area contributed by atoms with Gasteiger partial charge in [0.15, 0.2) is 0 Å². The Morgan fingerprint density at radius 2 is 1.56 bits per heavy atom. The summed E-state index contributed by atoms with van der Waals surface area (Å²) >= 11 is 7.42. The highest BCUT2D eigenvalue weighted by atomic mass is 35.5. The number of hydrogen-bond donors (Lipinski definition) is 2. The number of rotatable bonds is 7. The van der Waals surface area contributed by atoms with Crippen molar-refractivity contribution in [3.8, 4) is 21.8 Å². The number of carbonyl (C=O) groups excluding carboxylic acids is 2. The molecule has 0 aliphatic heterocycles. The molecule has 3 aromatic carbocycles. The molecule has 0 saturated heterocycles. The normalized spacial score (nSPS) is 10.5. The van der Waals surface area contributed by atoms with E-state index >= 15 is 0 Å². The molecule has 4 aromatic rings. The number of hydrogen-bond acceptors (Lipinski definition) is 4. The van der Waals surface area contributed by atoms with Crippen LogP contribution in [0.4, 0.5) is 0 Å². The zero-order chi connectivity index (χ0) is 22.3. The molecule has 0 saturated carbocycles. The summed E-state index contributed by atoms with van der Waals surface area (Å²) in [5.41, 5.74) is 4.50. The first-order valence-electron chi connectivity index (χ1n) is 9.99. The predicted molar refractivity (Wildman–Crippen MR) is 129 cm³/mol. The molecule has 5 nitrogen and oxygen atoms in total. The molecule has 0 aliphatic rings. The van der Waals surface area contributed by atoms with Crippen LogP contribution >= 0.6 is 22.9 Å². The van der Waals surface area contributed by atoms with E-state index in [-0.39, 0.29) is 18.4 Å². The maximum Gasteiger partial charge on any atom is 0.251 e. The topological polar surface area (TPSA) is 71.1 Å². The summed E-state index contributed by atoms with van der Waals surface area (Å²) in [5.74, 6) is -0.580. The van der Waals surface area contributed by atoms with Crippen molar-refractivity contribution in [1.82, 2.24) is 15.6 Å². The SMILES string of the molecule is O=C(CNC(=O)c1ccc(Cl)cc1)NCc1ccc(-c2nc(-c3ccccc3)cs2)cc1. The van der Waals surface area contributed by atoms with Gasteiger partial charge in [-0.2, -0.15) is 0 Å². The Labute approximate surface area is 195 Å². The van der Waals surface area contributed by atoms with Crippen molar-refractivity contribution in [3.05, 3.63) is 100 Å². The van der Waals surface area contributed by atoms with Crippen LogP contribution in [0.3, 0.4) is 0 Å². The van der Waals surface area contributed by atoms with Gasteiger partial charge in [-0.25, -0.2) is 4.98 Å². The van der Waals surface area contributed by atoms with E-state index in [1.807, 2.05) is 54.6 Å². The Morgan fingerprint density at radius 1 is 0.844 bits per heavy atom. The molecule has 1 aromatic heterocycles. The number of aromatic nitrogens is 1. The molecule has 0 fully saturated rings.